The molecule has 13 heavy (non-hydrogen) atoms. The number of aldehydes is 1. The molecule has 0 radical (unpaired) electrons. The van der Waals surface area contributed by atoms with Crippen molar-refractivity contribution < 1.29 is 4.79 Å². The summed E-state index contributed by atoms with van der Waals surface area (Å²) >= 11 is 11.6. The van der Waals surface area contributed by atoms with E-state index in [4.69, 9.17) is 28.9 Å². The molecule has 0 aliphatic heterocycles. The van der Waals surface area contributed by atoms with E-state index in [1.165, 1.54) is 0 Å². The van der Waals surface area contributed by atoms with Gasteiger partial charge in [0.2, 0.25) is 0 Å². The molecule has 2 N–H and O–H groups in total. The molecule has 0 aliphatic rings. The second kappa shape index (κ2) is 4.18. The van der Waals surface area contributed by atoms with Crippen molar-refractivity contribution in [3.05, 3.63) is 27.7 Å². The van der Waals surface area contributed by atoms with E-state index < -0.39 is 0 Å². The van der Waals surface area contributed by atoms with Crippen LogP contribution in [0.3, 0.4) is 0 Å². The maximum atomic E-state index is 9.97. The lowest BCUT2D eigenvalue weighted by Gasteiger charge is -2.01. The molecular formula is C9H5Cl2NO. The van der Waals surface area contributed by atoms with E-state index in [0.29, 0.717) is 17.5 Å². The van der Waals surface area contributed by atoms with Crippen LogP contribution in [0.2, 0.25) is 10.0 Å². The number of carbonyl (C=O) groups excluding carboxylic acids is 1. The highest BCUT2D eigenvalue weighted by Crippen LogP contribution is 2.30. The van der Waals surface area contributed by atoms with E-state index in [0.717, 1.165) is 0 Å². The molecule has 0 fully saturated rings. The van der Waals surface area contributed by atoms with Crippen LogP contribution in [0, 0.1) is 11.8 Å². The largest absolute Gasteiger partial charge is 0.397 e. The highest BCUT2D eigenvalue weighted by molar-refractivity contribution is 6.44. The summed E-state index contributed by atoms with van der Waals surface area (Å²) < 4.78 is 0. The summed E-state index contributed by atoms with van der Waals surface area (Å²) in [7, 11) is 0. The number of halogens is 2. The van der Waals surface area contributed by atoms with Gasteiger partial charge in [0.15, 0.2) is 6.29 Å². The van der Waals surface area contributed by atoms with Crippen molar-refractivity contribution in [2.75, 3.05) is 5.73 Å². The molecule has 0 atom stereocenters. The number of hydrogen-bond donors (Lipinski definition) is 1. The number of nitrogens with two attached hydrogens (primary N) is 1. The van der Waals surface area contributed by atoms with Crippen LogP contribution in [0.4, 0.5) is 5.69 Å². The van der Waals surface area contributed by atoms with Crippen LogP contribution in [0.5, 0.6) is 0 Å². The second-order valence-corrected chi connectivity index (χ2v) is 2.97. The fourth-order valence-electron chi connectivity index (χ4n) is 0.768. The van der Waals surface area contributed by atoms with E-state index in [1.54, 1.807) is 12.1 Å². The third-order valence-corrected chi connectivity index (χ3v) is 2.27. The maximum Gasteiger partial charge on any atom is 0.193 e. The summed E-state index contributed by atoms with van der Waals surface area (Å²) in [5.41, 5.74) is 6.37. The molecule has 0 unspecified atom stereocenters. The first-order valence-corrected chi connectivity index (χ1v) is 4.11. The lowest BCUT2D eigenvalue weighted by molar-refractivity contribution is -0.103. The van der Waals surface area contributed by atoms with Crippen LogP contribution < -0.4 is 5.73 Å². The Balaban J connectivity index is 3.25. The van der Waals surface area contributed by atoms with Gasteiger partial charge in [-0.2, -0.15) is 0 Å². The molecule has 1 aromatic carbocycles. The molecule has 1 rings (SSSR count). The zero-order chi connectivity index (χ0) is 9.84. The number of benzene rings is 1. The Morgan fingerprint density at radius 3 is 2.62 bits per heavy atom. The maximum absolute atomic E-state index is 9.97. The Morgan fingerprint density at radius 2 is 2.00 bits per heavy atom. The minimum Gasteiger partial charge on any atom is -0.397 e. The van der Waals surface area contributed by atoms with E-state index in [9.17, 15) is 4.79 Å². The monoisotopic (exact) mass is 213 g/mol. The van der Waals surface area contributed by atoms with Gasteiger partial charge in [-0.25, -0.2) is 0 Å². The minimum absolute atomic E-state index is 0.263. The van der Waals surface area contributed by atoms with Crippen LogP contribution in [-0.2, 0) is 4.79 Å². The fourth-order valence-corrected chi connectivity index (χ4v) is 1.15. The predicted molar refractivity (Wildman–Crippen MR) is 53.8 cm³/mol. The van der Waals surface area contributed by atoms with Crippen LogP contribution >= 0.6 is 23.2 Å². The van der Waals surface area contributed by atoms with Crippen molar-refractivity contribution in [2.45, 2.75) is 0 Å². The molecule has 0 heterocycles. The quantitative estimate of drug-likeness (QED) is 0.408. The molecule has 66 valence electrons. The molecule has 0 bridgehead atoms. The topological polar surface area (TPSA) is 43.1 Å². The molecule has 1 aromatic rings. The van der Waals surface area contributed by atoms with E-state index >= 15 is 0 Å². The number of hydrogen-bond acceptors (Lipinski definition) is 2. The van der Waals surface area contributed by atoms with Crippen molar-refractivity contribution in [2.24, 2.45) is 0 Å². The van der Waals surface area contributed by atoms with Gasteiger partial charge in [0.1, 0.15) is 0 Å². The van der Waals surface area contributed by atoms with Crippen LogP contribution in [0.15, 0.2) is 12.1 Å². The Kier molecular flexibility index (Phi) is 3.18. The molecule has 0 spiro atoms. The normalized spacial score (nSPS) is 8.77. The first-order valence-electron chi connectivity index (χ1n) is 3.35. The van der Waals surface area contributed by atoms with Crippen LogP contribution in [-0.4, -0.2) is 6.29 Å². The fraction of sp³-hybridized carbons (Fsp3) is 0. The first kappa shape index (κ1) is 9.91. The average Bonchev–Trinajstić information content (AvgIpc) is 2.13. The third kappa shape index (κ3) is 2.15. The van der Waals surface area contributed by atoms with Gasteiger partial charge in [-0.05, 0) is 18.1 Å². The zero-order valence-corrected chi connectivity index (χ0v) is 7.99. The Morgan fingerprint density at radius 1 is 1.31 bits per heavy atom. The lowest BCUT2D eigenvalue weighted by Crippen LogP contribution is -1.88. The van der Waals surface area contributed by atoms with Gasteiger partial charge in [0, 0.05) is 5.56 Å². The molecule has 0 aromatic heterocycles. The first-order chi connectivity index (χ1) is 6.16. The second-order valence-electron chi connectivity index (χ2n) is 2.22. The van der Waals surface area contributed by atoms with Gasteiger partial charge >= 0.3 is 0 Å². The van der Waals surface area contributed by atoms with Gasteiger partial charge < -0.3 is 5.73 Å². The van der Waals surface area contributed by atoms with Gasteiger partial charge in [0.25, 0.3) is 0 Å². The minimum atomic E-state index is 0.263. The summed E-state index contributed by atoms with van der Waals surface area (Å²) in [5.74, 6) is 4.78. The van der Waals surface area contributed by atoms with Crippen molar-refractivity contribution in [3.63, 3.8) is 0 Å². The number of carbonyl (C=O) groups is 1. The molecular weight excluding hydrogens is 209 g/mol. The summed E-state index contributed by atoms with van der Waals surface area (Å²) in [6.45, 7) is 0. The molecule has 0 saturated heterocycles. The smallest absolute Gasteiger partial charge is 0.193 e. The molecule has 0 saturated carbocycles. The van der Waals surface area contributed by atoms with Crippen LogP contribution in [0.25, 0.3) is 0 Å². The van der Waals surface area contributed by atoms with Crippen LogP contribution in [0.1, 0.15) is 5.56 Å². The van der Waals surface area contributed by atoms with E-state index in [-0.39, 0.29) is 10.0 Å². The molecule has 0 amide bonds. The van der Waals surface area contributed by atoms with Gasteiger partial charge in [0.05, 0.1) is 15.7 Å². The van der Waals surface area contributed by atoms with E-state index in [1.807, 2.05) is 0 Å². The highest BCUT2D eigenvalue weighted by atomic mass is 35.5. The van der Waals surface area contributed by atoms with E-state index in [2.05, 4.69) is 11.8 Å². The Hall–Kier alpha value is -1.17. The Bertz CT molecular complexity index is 404. The van der Waals surface area contributed by atoms with Gasteiger partial charge in [-0.1, -0.05) is 29.1 Å². The number of nitrogen functional groups attached to an aromatic ring is 1. The SMILES string of the molecule is Nc1ccc(C#CC=O)c(Cl)c1Cl. The van der Waals surface area contributed by atoms with Crippen molar-refractivity contribution in [1.82, 2.24) is 0 Å². The standard InChI is InChI=1S/C9H5Cl2NO/c10-8-6(2-1-5-13)3-4-7(12)9(8)11/h3-5H,12H2. The summed E-state index contributed by atoms with van der Waals surface area (Å²) in [4.78, 5) is 9.97. The summed E-state index contributed by atoms with van der Waals surface area (Å²) in [5, 5.41) is 0.537. The van der Waals surface area contributed by atoms with Crippen molar-refractivity contribution in [1.29, 1.82) is 0 Å². The van der Waals surface area contributed by atoms with Crippen molar-refractivity contribution >= 4 is 35.2 Å². The summed E-state index contributed by atoms with van der Waals surface area (Å²) in [6, 6.07) is 3.20. The predicted octanol–water partition coefficient (Wildman–Crippen LogP) is 2.13. The Labute approximate surface area is 85.6 Å². The molecule has 4 heteroatoms. The molecule has 0 aliphatic carbocycles. The molecule has 2 nitrogen and oxygen atoms in total. The number of rotatable bonds is 0. The van der Waals surface area contributed by atoms with Gasteiger partial charge in [-0.3, -0.25) is 4.79 Å². The third-order valence-electron chi connectivity index (χ3n) is 1.38. The summed E-state index contributed by atoms with van der Waals surface area (Å²) in [6.07, 6.45) is 0.487. The van der Waals surface area contributed by atoms with Gasteiger partial charge in [-0.15, -0.1) is 0 Å². The lowest BCUT2D eigenvalue weighted by atomic mass is 10.2. The average molecular weight is 214 g/mol. The highest BCUT2D eigenvalue weighted by Gasteiger charge is 2.05. The van der Waals surface area contributed by atoms with Crippen molar-refractivity contribution in [3.8, 4) is 11.8 Å². The number of anilines is 1. The zero-order valence-electron chi connectivity index (χ0n) is 6.47.